The maximum atomic E-state index is 12.7. The Morgan fingerprint density at radius 2 is 0.931 bits per heavy atom. The number of phosphoric ester groups is 1. The lowest BCUT2D eigenvalue weighted by Crippen LogP contribution is -2.23. The van der Waals surface area contributed by atoms with Crippen LogP contribution in [-0.2, 0) is 32.5 Å². The number of phosphoric acid groups is 1. The van der Waals surface area contributed by atoms with E-state index < -0.39 is 7.82 Å². The number of carbonyl (C=O) groups is 3. The summed E-state index contributed by atoms with van der Waals surface area (Å²) in [6, 6.07) is 0. The van der Waals surface area contributed by atoms with Gasteiger partial charge in [-0.1, -0.05) is 19.7 Å². The van der Waals surface area contributed by atoms with Gasteiger partial charge in [0.25, 0.3) is 0 Å². The molecule has 0 aromatic carbocycles. The molecule has 29 heavy (non-hydrogen) atoms. The Balaban J connectivity index is 4.34. The highest BCUT2D eigenvalue weighted by Crippen LogP contribution is 2.49. The molecule has 0 aliphatic heterocycles. The molecule has 0 radical (unpaired) electrons. The second-order valence-electron chi connectivity index (χ2n) is 5.49. The van der Waals surface area contributed by atoms with Crippen LogP contribution in [0.5, 0.6) is 0 Å². The fourth-order valence-corrected chi connectivity index (χ4v) is 2.99. The first kappa shape index (κ1) is 26.7. The molecule has 0 unspecified atom stereocenters. The van der Waals surface area contributed by atoms with E-state index in [2.05, 4.69) is 35.7 Å². The Morgan fingerprint density at radius 1 is 0.655 bits per heavy atom. The molecule has 0 heterocycles. The Bertz CT molecular complexity index is 529. The van der Waals surface area contributed by atoms with E-state index in [9.17, 15) is 18.9 Å². The van der Waals surface area contributed by atoms with Gasteiger partial charge in [0.1, 0.15) is 0 Å². The molecule has 0 aromatic rings. The van der Waals surface area contributed by atoms with E-state index in [-0.39, 0.29) is 37.5 Å². The van der Waals surface area contributed by atoms with Gasteiger partial charge in [-0.05, 0) is 37.5 Å². The van der Waals surface area contributed by atoms with E-state index in [0.717, 1.165) is 18.2 Å². The molecule has 0 fully saturated rings. The molecule has 0 saturated carbocycles. The fraction of sp³-hybridized carbons (Fsp3) is 0.500. The first-order valence-electron chi connectivity index (χ1n) is 9.11. The SMILES string of the molecule is C=CC(=O)NCCCOP(=O)(OCCCNC(=O)C=C)OCCCNC(=O)C=C. The molecule has 0 aliphatic rings. The van der Waals surface area contributed by atoms with Crippen LogP contribution in [0.2, 0.25) is 0 Å². The highest BCUT2D eigenvalue weighted by molar-refractivity contribution is 7.48. The Labute approximate surface area is 171 Å². The number of hydrogen-bond donors (Lipinski definition) is 3. The Morgan fingerprint density at radius 3 is 1.17 bits per heavy atom. The zero-order valence-corrected chi connectivity index (χ0v) is 17.4. The smallest absolute Gasteiger partial charge is 0.352 e. The van der Waals surface area contributed by atoms with Crippen molar-refractivity contribution >= 4 is 25.5 Å². The van der Waals surface area contributed by atoms with Crippen molar-refractivity contribution in [1.29, 1.82) is 0 Å². The van der Waals surface area contributed by atoms with Crippen molar-refractivity contribution in [2.75, 3.05) is 39.5 Å². The average molecular weight is 431 g/mol. The molecule has 3 amide bonds. The van der Waals surface area contributed by atoms with Crippen molar-refractivity contribution in [2.24, 2.45) is 0 Å². The molecule has 0 aromatic heterocycles. The molecule has 0 atom stereocenters. The summed E-state index contributed by atoms with van der Waals surface area (Å²) in [5, 5.41) is 7.70. The summed E-state index contributed by atoms with van der Waals surface area (Å²) >= 11 is 0. The standard InChI is InChI=1S/C18H30N3O7P/c1-4-16(22)19-10-7-13-26-29(25,27-14-8-11-20-17(23)5-2)28-15-9-12-21-18(24)6-3/h4-6H,1-3,7-15H2,(H,19,22)(H,20,23)(H,21,24). The summed E-state index contributed by atoms with van der Waals surface area (Å²) in [7, 11) is -3.83. The maximum Gasteiger partial charge on any atom is 0.474 e. The van der Waals surface area contributed by atoms with Gasteiger partial charge >= 0.3 is 7.82 Å². The number of rotatable bonds is 18. The first-order valence-corrected chi connectivity index (χ1v) is 10.6. The Kier molecular flexibility index (Phi) is 15.4. The van der Waals surface area contributed by atoms with E-state index in [1.54, 1.807) is 0 Å². The van der Waals surface area contributed by atoms with Crippen molar-refractivity contribution in [2.45, 2.75) is 19.3 Å². The molecule has 11 heteroatoms. The molecular weight excluding hydrogens is 401 g/mol. The second kappa shape index (κ2) is 16.7. The molecule has 164 valence electrons. The van der Waals surface area contributed by atoms with Crippen molar-refractivity contribution in [1.82, 2.24) is 16.0 Å². The third kappa shape index (κ3) is 15.4. The van der Waals surface area contributed by atoms with Gasteiger partial charge in [0.2, 0.25) is 17.7 Å². The monoisotopic (exact) mass is 431 g/mol. The summed E-state index contributed by atoms with van der Waals surface area (Å²) < 4.78 is 28.5. The van der Waals surface area contributed by atoms with Crippen LogP contribution < -0.4 is 16.0 Å². The van der Waals surface area contributed by atoms with Crippen LogP contribution in [0.25, 0.3) is 0 Å². The minimum Gasteiger partial charge on any atom is -0.352 e. The lowest BCUT2D eigenvalue weighted by molar-refractivity contribution is -0.117. The summed E-state index contributed by atoms with van der Waals surface area (Å²) in [5.41, 5.74) is 0. The number of hydrogen-bond acceptors (Lipinski definition) is 7. The summed E-state index contributed by atoms with van der Waals surface area (Å²) in [6.07, 6.45) is 4.61. The summed E-state index contributed by atoms with van der Waals surface area (Å²) in [5.74, 6) is -0.948. The highest BCUT2D eigenvalue weighted by Gasteiger charge is 2.26. The summed E-state index contributed by atoms with van der Waals surface area (Å²) in [4.78, 5) is 33.2. The quantitative estimate of drug-likeness (QED) is 0.169. The predicted molar refractivity (Wildman–Crippen MR) is 109 cm³/mol. The van der Waals surface area contributed by atoms with Crippen molar-refractivity contribution in [3.63, 3.8) is 0 Å². The molecular formula is C18H30N3O7P. The third-order valence-corrected chi connectivity index (χ3v) is 4.66. The lowest BCUT2D eigenvalue weighted by atomic mass is 10.4. The normalized spacial score (nSPS) is 10.6. The van der Waals surface area contributed by atoms with Gasteiger partial charge in [-0.3, -0.25) is 28.0 Å². The fourth-order valence-electron chi connectivity index (χ4n) is 1.71. The van der Waals surface area contributed by atoms with Gasteiger partial charge in [0, 0.05) is 19.6 Å². The lowest BCUT2D eigenvalue weighted by Gasteiger charge is -2.18. The minimum atomic E-state index is -3.83. The second-order valence-corrected chi connectivity index (χ2v) is 7.16. The molecule has 10 nitrogen and oxygen atoms in total. The van der Waals surface area contributed by atoms with E-state index in [0.29, 0.717) is 38.9 Å². The molecule has 0 bridgehead atoms. The van der Waals surface area contributed by atoms with Crippen LogP contribution >= 0.6 is 7.82 Å². The number of amides is 3. The number of carbonyl (C=O) groups excluding carboxylic acids is 3. The van der Waals surface area contributed by atoms with Crippen molar-refractivity contribution in [3.05, 3.63) is 38.0 Å². The third-order valence-electron chi connectivity index (χ3n) is 3.17. The minimum absolute atomic E-state index is 0.0368. The maximum absolute atomic E-state index is 12.7. The first-order chi connectivity index (χ1) is 13.9. The Hall–Kier alpha value is -2.26. The van der Waals surface area contributed by atoms with Crippen LogP contribution in [-0.4, -0.2) is 57.2 Å². The molecule has 3 N–H and O–H groups in total. The predicted octanol–water partition coefficient (Wildman–Crippen LogP) is 1.22. The van der Waals surface area contributed by atoms with Gasteiger partial charge < -0.3 is 16.0 Å². The van der Waals surface area contributed by atoms with E-state index in [1.807, 2.05) is 0 Å². The zero-order valence-electron chi connectivity index (χ0n) is 16.5. The van der Waals surface area contributed by atoms with Gasteiger partial charge in [0.05, 0.1) is 19.8 Å². The van der Waals surface area contributed by atoms with Crippen LogP contribution in [0.3, 0.4) is 0 Å². The summed E-state index contributed by atoms with van der Waals surface area (Å²) in [6.45, 7) is 11.1. The highest BCUT2D eigenvalue weighted by atomic mass is 31.2. The van der Waals surface area contributed by atoms with Crippen LogP contribution in [0, 0.1) is 0 Å². The van der Waals surface area contributed by atoms with E-state index >= 15 is 0 Å². The van der Waals surface area contributed by atoms with E-state index in [4.69, 9.17) is 13.6 Å². The van der Waals surface area contributed by atoms with Gasteiger partial charge in [-0.15, -0.1) is 0 Å². The van der Waals surface area contributed by atoms with Crippen LogP contribution in [0.4, 0.5) is 0 Å². The molecule has 0 saturated heterocycles. The molecule has 0 rings (SSSR count). The topological polar surface area (TPSA) is 132 Å². The van der Waals surface area contributed by atoms with Gasteiger partial charge in [-0.25, -0.2) is 4.57 Å². The largest absolute Gasteiger partial charge is 0.474 e. The van der Waals surface area contributed by atoms with Crippen molar-refractivity contribution < 1.29 is 32.5 Å². The van der Waals surface area contributed by atoms with Crippen LogP contribution in [0.15, 0.2) is 38.0 Å². The van der Waals surface area contributed by atoms with Gasteiger partial charge in [0.15, 0.2) is 0 Å². The average Bonchev–Trinajstić information content (AvgIpc) is 2.72. The zero-order chi connectivity index (χ0) is 22.0. The molecule has 0 spiro atoms. The van der Waals surface area contributed by atoms with E-state index in [1.165, 1.54) is 0 Å². The molecule has 0 aliphatic carbocycles. The van der Waals surface area contributed by atoms with Crippen LogP contribution in [0.1, 0.15) is 19.3 Å². The number of nitrogens with one attached hydrogen (secondary N) is 3. The van der Waals surface area contributed by atoms with Crippen molar-refractivity contribution in [3.8, 4) is 0 Å². The van der Waals surface area contributed by atoms with Gasteiger partial charge in [-0.2, -0.15) is 0 Å².